The second-order valence-electron chi connectivity index (χ2n) is 5.74. The number of nitrogens with one attached hydrogen (secondary N) is 1. The molecular weight excluding hydrogens is 286 g/mol. The summed E-state index contributed by atoms with van der Waals surface area (Å²) in [7, 11) is 0. The van der Waals surface area contributed by atoms with Crippen molar-refractivity contribution in [1.82, 2.24) is 4.98 Å². The van der Waals surface area contributed by atoms with Crippen LogP contribution >= 0.6 is 0 Å². The Labute approximate surface area is 135 Å². The third-order valence-corrected chi connectivity index (χ3v) is 3.95. The Balaban J connectivity index is 1.85. The molecule has 0 radical (unpaired) electrons. The van der Waals surface area contributed by atoms with Crippen molar-refractivity contribution >= 4 is 10.9 Å². The van der Waals surface area contributed by atoms with Crippen molar-refractivity contribution < 1.29 is 4.74 Å². The molecule has 118 valence electrons. The van der Waals surface area contributed by atoms with Crippen molar-refractivity contribution in [3.8, 4) is 5.75 Å². The second kappa shape index (κ2) is 7.14. The molecule has 2 aromatic carbocycles. The lowest BCUT2D eigenvalue weighted by Gasteiger charge is -2.09. The summed E-state index contributed by atoms with van der Waals surface area (Å²) in [4.78, 5) is 14.8. The predicted octanol–water partition coefficient (Wildman–Crippen LogP) is 4.45. The highest BCUT2D eigenvalue weighted by atomic mass is 16.5. The third-order valence-electron chi connectivity index (χ3n) is 3.95. The van der Waals surface area contributed by atoms with Crippen LogP contribution in [0.2, 0.25) is 0 Å². The van der Waals surface area contributed by atoms with E-state index in [1.807, 2.05) is 48.5 Å². The molecule has 0 fully saturated rings. The van der Waals surface area contributed by atoms with Crippen LogP contribution in [0.4, 0.5) is 0 Å². The molecule has 3 nitrogen and oxygen atoms in total. The SMILES string of the molecule is CCCCc1cc(=O)[nH]c2cc(OCc3ccccc3)ccc12. The Morgan fingerprint density at radius 3 is 2.65 bits per heavy atom. The van der Waals surface area contributed by atoms with Crippen LogP contribution in [0.5, 0.6) is 5.75 Å². The fraction of sp³-hybridized carbons (Fsp3) is 0.250. The number of fused-ring (bicyclic) bond motifs is 1. The Bertz CT molecular complexity index is 837. The van der Waals surface area contributed by atoms with Gasteiger partial charge in [-0.25, -0.2) is 0 Å². The summed E-state index contributed by atoms with van der Waals surface area (Å²) in [6, 6.07) is 17.7. The topological polar surface area (TPSA) is 42.1 Å². The zero-order chi connectivity index (χ0) is 16.1. The minimum absolute atomic E-state index is 0.0520. The van der Waals surface area contributed by atoms with Gasteiger partial charge in [0, 0.05) is 17.5 Å². The molecule has 0 saturated heterocycles. The smallest absolute Gasteiger partial charge is 0.248 e. The zero-order valence-corrected chi connectivity index (χ0v) is 13.3. The van der Waals surface area contributed by atoms with Gasteiger partial charge in [-0.2, -0.15) is 0 Å². The number of aromatic amines is 1. The molecule has 23 heavy (non-hydrogen) atoms. The average Bonchev–Trinajstić information content (AvgIpc) is 2.58. The normalized spacial score (nSPS) is 10.8. The molecule has 3 heteroatoms. The van der Waals surface area contributed by atoms with Gasteiger partial charge in [0.2, 0.25) is 5.56 Å². The fourth-order valence-electron chi connectivity index (χ4n) is 2.72. The molecule has 3 aromatic rings. The summed E-state index contributed by atoms with van der Waals surface area (Å²) in [6.45, 7) is 2.68. The van der Waals surface area contributed by atoms with Crippen LogP contribution in [0.15, 0.2) is 59.4 Å². The molecule has 0 aliphatic heterocycles. The van der Waals surface area contributed by atoms with E-state index in [0.717, 1.165) is 47.0 Å². The first kappa shape index (κ1) is 15.3. The molecule has 0 spiro atoms. The van der Waals surface area contributed by atoms with E-state index in [2.05, 4.69) is 11.9 Å². The van der Waals surface area contributed by atoms with Crippen LogP contribution in [0, 0.1) is 0 Å². The molecule has 1 heterocycles. The highest BCUT2D eigenvalue weighted by molar-refractivity contribution is 5.83. The minimum atomic E-state index is -0.0520. The van der Waals surface area contributed by atoms with Crippen molar-refractivity contribution in [2.75, 3.05) is 0 Å². The Morgan fingerprint density at radius 1 is 1.04 bits per heavy atom. The summed E-state index contributed by atoms with van der Waals surface area (Å²) in [5, 5.41) is 1.10. The molecule has 0 amide bonds. The number of hydrogen-bond acceptors (Lipinski definition) is 2. The molecule has 0 bridgehead atoms. The number of aromatic nitrogens is 1. The molecule has 0 aliphatic carbocycles. The van der Waals surface area contributed by atoms with E-state index in [1.54, 1.807) is 6.07 Å². The van der Waals surface area contributed by atoms with E-state index in [1.165, 1.54) is 0 Å². The number of rotatable bonds is 6. The zero-order valence-electron chi connectivity index (χ0n) is 13.3. The highest BCUT2D eigenvalue weighted by Crippen LogP contribution is 2.23. The van der Waals surface area contributed by atoms with Gasteiger partial charge in [-0.05, 0) is 36.1 Å². The van der Waals surface area contributed by atoms with Gasteiger partial charge in [0.1, 0.15) is 12.4 Å². The standard InChI is InChI=1S/C20H21NO2/c1-2-3-9-16-12-20(22)21-19-13-17(10-11-18(16)19)23-14-15-7-5-4-6-8-15/h4-8,10-13H,2-3,9,14H2,1H3,(H,21,22). The van der Waals surface area contributed by atoms with Gasteiger partial charge in [-0.1, -0.05) is 43.7 Å². The second-order valence-corrected chi connectivity index (χ2v) is 5.74. The van der Waals surface area contributed by atoms with Crippen molar-refractivity contribution in [3.63, 3.8) is 0 Å². The molecule has 0 atom stereocenters. The van der Waals surface area contributed by atoms with E-state index in [4.69, 9.17) is 4.74 Å². The molecular formula is C20H21NO2. The number of H-pyrrole nitrogens is 1. The van der Waals surface area contributed by atoms with Crippen molar-refractivity contribution in [2.45, 2.75) is 32.8 Å². The number of pyridine rings is 1. The minimum Gasteiger partial charge on any atom is -0.489 e. The lowest BCUT2D eigenvalue weighted by molar-refractivity contribution is 0.306. The van der Waals surface area contributed by atoms with E-state index >= 15 is 0 Å². The van der Waals surface area contributed by atoms with Crippen molar-refractivity contribution in [3.05, 3.63) is 76.1 Å². The Hall–Kier alpha value is -2.55. The maximum Gasteiger partial charge on any atom is 0.248 e. The first-order chi connectivity index (χ1) is 11.3. The summed E-state index contributed by atoms with van der Waals surface area (Å²) in [6.07, 6.45) is 3.14. The fourth-order valence-corrected chi connectivity index (χ4v) is 2.72. The maximum absolute atomic E-state index is 11.9. The van der Waals surface area contributed by atoms with Gasteiger partial charge in [0.15, 0.2) is 0 Å². The summed E-state index contributed by atoms with van der Waals surface area (Å²) in [5.74, 6) is 0.768. The first-order valence-electron chi connectivity index (χ1n) is 8.09. The van der Waals surface area contributed by atoms with Crippen LogP contribution in [0.3, 0.4) is 0 Å². The van der Waals surface area contributed by atoms with Crippen LogP contribution in [0.1, 0.15) is 30.9 Å². The lowest BCUT2D eigenvalue weighted by atomic mass is 10.0. The van der Waals surface area contributed by atoms with E-state index in [9.17, 15) is 4.79 Å². The third kappa shape index (κ3) is 3.81. The Morgan fingerprint density at radius 2 is 1.87 bits per heavy atom. The van der Waals surface area contributed by atoms with Crippen molar-refractivity contribution in [1.29, 1.82) is 0 Å². The number of unbranched alkanes of at least 4 members (excludes halogenated alkanes) is 1. The van der Waals surface area contributed by atoms with Gasteiger partial charge in [-0.15, -0.1) is 0 Å². The van der Waals surface area contributed by atoms with E-state index in [-0.39, 0.29) is 5.56 Å². The first-order valence-corrected chi connectivity index (χ1v) is 8.09. The summed E-state index contributed by atoms with van der Waals surface area (Å²) < 4.78 is 5.84. The largest absolute Gasteiger partial charge is 0.489 e. The molecule has 0 saturated carbocycles. The maximum atomic E-state index is 11.9. The molecule has 1 N–H and O–H groups in total. The average molecular weight is 307 g/mol. The summed E-state index contributed by atoms with van der Waals surface area (Å²) in [5.41, 5.74) is 3.02. The lowest BCUT2D eigenvalue weighted by Crippen LogP contribution is -2.07. The van der Waals surface area contributed by atoms with E-state index < -0.39 is 0 Å². The van der Waals surface area contributed by atoms with Gasteiger partial charge >= 0.3 is 0 Å². The van der Waals surface area contributed by atoms with Gasteiger partial charge in [-0.3, -0.25) is 4.79 Å². The highest BCUT2D eigenvalue weighted by Gasteiger charge is 2.05. The number of ether oxygens (including phenoxy) is 1. The predicted molar refractivity (Wildman–Crippen MR) is 94.0 cm³/mol. The molecule has 1 aromatic heterocycles. The summed E-state index contributed by atoms with van der Waals surface area (Å²) >= 11 is 0. The van der Waals surface area contributed by atoms with E-state index in [0.29, 0.717) is 6.61 Å². The number of hydrogen-bond donors (Lipinski definition) is 1. The van der Waals surface area contributed by atoms with Crippen LogP contribution < -0.4 is 10.3 Å². The molecule has 3 rings (SSSR count). The van der Waals surface area contributed by atoms with Crippen LogP contribution in [-0.4, -0.2) is 4.98 Å². The van der Waals surface area contributed by atoms with Crippen molar-refractivity contribution in [2.24, 2.45) is 0 Å². The van der Waals surface area contributed by atoms with Gasteiger partial charge < -0.3 is 9.72 Å². The van der Waals surface area contributed by atoms with Crippen LogP contribution in [0.25, 0.3) is 10.9 Å². The van der Waals surface area contributed by atoms with Gasteiger partial charge in [0.05, 0.1) is 5.52 Å². The Kier molecular flexibility index (Phi) is 4.77. The monoisotopic (exact) mass is 307 g/mol. The molecule has 0 unspecified atom stereocenters. The van der Waals surface area contributed by atoms with Crippen LogP contribution in [-0.2, 0) is 13.0 Å². The number of aryl methyl sites for hydroxylation is 1. The van der Waals surface area contributed by atoms with Gasteiger partial charge in [0.25, 0.3) is 0 Å². The quantitative estimate of drug-likeness (QED) is 0.731. The number of benzene rings is 2. The molecule has 0 aliphatic rings.